The van der Waals surface area contributed by atoms with Gasteiger partial charge in [-0.3, -0.25) is 0 Å². The molecule has 2 rings (SSSR count). The van der Waals surface area contributed by atoms with Gasteiger partial charge in [-0.05, 0) is 12.8 Å². The van der Waals surface area contributed by atoms with E-state index in [0.717, 1.165) is 23.4 Å². The average Bonchev–Trinajstić information content (AvgIpc) is 3.01. The van der Waals surface area contributed by atoms with E-state index in [1.807, 2.05) is 0 Å². The quantitative estimate of drug-likeness (QED) is 0.871. The van der Waals surface area contributed by atoms with Crippen LogP contribution in [0.2, 0.25) is 0 Å². The normalized spacial score (nSPS) is 16.6. The van der Waals surface area contributed by atoms with E-state index < -0.39 is 9.84 Å². The first-order valence-electron chi connectivity index (χ1n) is 5.35. The molecule has 1 aromatic rings. The third-order valence-electron chi connectivity index (χ3n) is 2.66. The molecule has 1 aliphatic carbocycles. The van der Waals surface area contributed by atoms with Gasteiger partial charge >= 0.3 is 0 Å². The van der Waals surface area contributed by atoms with Crippen LogP contribution in [-0.2, 0) is 22.2 Å². The maximum atomic E-state index is 11.5. The predicted octanol–water partition coefficient (Wildman–Crippen LogP) is 1.45. The fourth-order valence-electron chi connectivity index (χ4n) is 1.55. The van der Waals surface area contributed by atoms with Gasteiger partial charge in [-0.25, -0.2) is 13.4 Å². The molecule has 0 spiro atoms. The van der Waals surface area contributed by atoms with Crippen molar-refractivity contribution < 1.29 is 13.5 Å². The summed E-state index contributed by atoms with van der Waals surface area (Å²) < 4.78 is 22.9. The molecule has 0 aromatic carbocycles. The van der Waals surface area contributed by atoms with Gasteiger partial charge in [0, 0.05) is 11.7 Å². The molecule has 0 radical (unpaired) electrons. The minimum absolute atomic E-state index is 0.00782. The standard InChI is InChI=1S/C10H15NO3S2/c1-2-16(13,14)6-9-11-10(7-3-4-7)8(5-12)15-9/h7,12H,2-6H2,1H3. The molecular weight excluding hydrogens is 246 g/mol. The van der Waals surface area contributed by atoms with Crippen molar-refractivity contribution in [3.05, 3.63) is 15.6 Å². The number of hydrogen-bond acceptors (Lipinski definition) is 5. The molecule has 1 heterocycles. The van der Waals surface area contributed by atoms with E-state index in [0.29, 0.717) is 10.9 Å². The van der Waals surface area contributed by atoms with Crippen molar-refractivity contribution in [2.45, 2.75) is 38.0 Å². The van der Waals surface area contributed by atoms with Gasteiger partial charge in [0.1, 0.15) is 10.8 Å². The molecule has 1 aromatic heterocycles. The second-order valence-corrected chi connectivity index (χ2v) is 7.55. The van der Waals surface area contributed by atoms with Crippen LogP contribution in [0.25, 0.3) is 0 Å². The van der Waals surface area contributed by atoms with Gasteiger partial charge in [0.15, 0.2) is 9.84 Å². The van der Waals surface area contributed by atoms with Gasteiger partial charge in [0.2, 0.25) is 0 Å². The van der Waals surface area contributed by atoms with Crippen LogP contribution in [0, 0.1) is 0 Å². The maximum absolute atomic E-state index is 11.5. The summed E-state index contributed by atoms with van der Waals surface area (Å²) in [6.45, 7) is 1.60. The molecule has 0 aliphatic heterocycles. The Morgan fingerprint density at radius 2 is 2.19 bits per heavy atom. The van der Waals surface area contributed by atoms with E-state index in [1.165, 1.54) is 11.3 Å². The topological polar surface area (TPSA) is 67.3 Å². The molecular formula is C10H15NO3S2. The largest absolute Gasteiger partial charge is 0.391 e. The first-order chi connectivity index (χ1) is 7.55. The SMILES string of the molecule is CCS(=O)(=O)Cc1nc(C2CC2)c(CO)s1. The van der Waals surface area contributed by atoms with Crippen molar-refractivity contribution in [1.82, 2.24) is 4.98 Å². The summed E-state index contributed by atoms with van der Waals surface area (Å²) in [4.78, 5) is 5.19. The lowest BCUT2D eigenvalue weighted by atomic mass is 10.2. The first-order valence-corrected chi connectivity index (χ1v) is 7.99. The summed E-state index contributed by atoms with van der Waals surface area (Å²) in [5.74, 6) is 0.602. The summed E-state index contributed by atoms with van der Waals surface area (Å²) >= 11 is 1.33. The second kappa shape index (κ2) is 4.43. The van der Waals surface area contributed by atoms with Crippen LogP contribution in [0.3, 0.4) is 0 Å². The highest BCUT2D eigenvalue weighted by atomic mass is 32.2. The molecule has 0 unspecified atom stereocenters. The Kier molecular flexibility index (Phi) is 3.32. The smallest absolute Gasteiger partial charge is 0.156 e. The molecule has 1 saturated carbocycles. The number of thiazole rings is 1. The molecule has 0 amide bonds. The lowest BCUT2D eigenvalue weighted by Gasteiger charge is -1.95. The molecule has 90 valence electrons. The fraction of sp³-hybridized carbons (Fsp3) is 0.700. The van der Waals surface area contributed by atoms with Crippen LogP contribution in [0.5, 0.6) is 0 Å². The molecule has 0 atom stereocenters. The van der Waals surface area contributed by atoms with Gasteiger partial charge < -0.3 is 5.11 Å². The summed E-state index contributed by atoms with van der Waals surface area (Å²) in [7, 11) is -3.02. The van der Waals surface area contributed by atoms with E-state index >= 15 is 0 Å². The number of aliphatic hydroxyl groups is 1. The molecule has 4 nitrogen and oxygen atoms in total. The van der Waals surface area contributed by atoms with E-state index in [1.54, 1.807) is 6.92 Å². The van der Waals surface area contributed by atoms with Gasteiger partial charge in [-0.2, -0.15) is 0 Å². The predicted molar refractivity (Wildman–Crippen MR) is 63.2 cm³/mol. The number of nitrogens with zero attached hydrogens (tertiary/aromatic N) is 1. The van der Waals surface area contributed by atoms with Crippen molar-refractivity contribution in [2.75, 3.05) is 5.75 Å². The summed E-state index contributed by atoms with van der Waals surface area (Å²) in [5.41, 5.74) is 0.925. The van der Waals surface area contributed by atoms with E-state index in [2.05, 4.69) is 4.98 Å². The fourth-order valence-corrected chi connectivity index (χ4v) is 3.78. The van der Waals surface area contributed by atoms with Gasteiger partial charge in [0.05, 0.1) is 17.2 Å². The number of sulfone groups is 1. The highest BCUT2D eigenvalue weighted by Crippen LogP contribution is 2.42. The zero-order chi connectivity index (χ0) is 11.8. The maximum Gasteiger partial charge on any atom is 0.156 e. The monoisotopic (exact) mass is 261 g/mol. The Hall–Kier alpha value is -0.460. The third-order valence-corrected chi connectivity index (χ3v) is 5.49. The Morgan fingerprint density at radius 1 is 1.50 bits per heavy atom. The van der Waals surface area contributed by atoms with Crippen molar-refractivity contribution in [1.29, 1.82) is 0 Å². The Labute approximate surface area is 99.3 Å². The van der Waals surface area contributed by atoms with Crippen LogP contribution in [0.1, 0.15) is 41.3 Å². The molecule has 0 saturated heterocycles. The van der Waals surface area contributed by atoms with Gasteiger partial charge in [0.25, 0.3) is 0 Å². The van der Waals surface area contributed by atoms with Crippen molar-refractivity contribution in [2.24, 2.45) is 0 Å². The number of rotatable bonds is 5. The summed E-state index contributed by atoms with van der Waals surface area (Å²) in [6, 6.07) is 0. The Balaban J connectivity index is 2.22. The van der Waals surface area contributed by atoms with E-state index in [9.17, 15) is 13.5 Å². The molecule has 6 heteroatoms. The van der Waals surface area contributed by atoms with Crippen LogP contribution in [-0.4, -0.2) is 24.3 Å². The van der Waals surface area contributed by atoms with Crippen LogP contribution < -0.4 is 0 Å². The zero-order valence-corrected chi connectivity index (χ0v) is 10.8. The van der Waals surface area contributed by atoms with Crippen LogP contribution in [0.4, 0.5) is 0 Å². The number of hydrogen-bond donors (Lipinski definition) is 1. The first kappa shape index (κ1) is 12.0. The third kappa shape index (κ3) is 2.61. The van der Waals surface area contributed by atoms with Crippen molar-refractivity contribution >= 4 is 21.2 Å². The number of aliphatic hydroxyl groups excluding tert-OH is 1. The lowest BCUT2D eigenvalue weighted by Crippen LogP contribution is -2.06. The minimum atomic E-state index is -3.02. The Bertz CT molecular complexity index is 474. The van der Waals surface area contributed by atoms with Gasteiger partial charge in [-0.1, -0.05) is 6.92 Å². The lowest BCUT2D eigenvalue weighted by molar-refractivity contribution is 0.284. The van der Waals surface area contributed by atoms with E-state index in [4.69, 9.17) is 0 Å². The van der Waals surface area contributed by atoms with Crippen LogP contribution >= 0.6 is 11.3 Å². The van der Waals surface area contributed by atoms with Crippen LogP contribution in [0.15, 0.2) is 0 Å². The molecule has 0 bridgehead atoms. The Morgan fingerprint density at radius 3 is 2.69 bits per heavy atom. The van der Waals surface area contributed by atoms with Crippen molar-refractivity contribution in [3.63, 3.8) is 0 Å². The molecule has 1 N–H and O–H groups in total. The van der Waals surface area contributed by atoms with Gasteiger partial charge in [-0.15, -0.1) is 11.3 Å². The number of aromatic nitrogens is 1. The summed E-state index contributed by atoms with van der Waals surface area (Å²) in [5, 5.41) is 9.80. The summed E-state index contributed by atoms with van der Waals surface area (Å²) in [6.07, 6.45) is 2.22. The molecule has 1 aliphatic rings. The zero-order valence-electron chi connectivity index (χ0n) is 9.14. The molecule has 1 fully saturated rings. The highest BCUT2D eigenvalue weighted by molar-refractivity contribution is 7.90. The highest BCUT2D eigenvalue weighted by Gasteiger charge is 2.29. The van der Waals surface area contributed by atoms with E-state index in [-0.39, 0.29) is 18.1 Å². The average molecular weight is 261 g/mol. The minimum Gasteiger partial charge on any atom is -0.391 e. The van der Waals surface area contributed by atoms with Crippen molar-refractivity contribution in [3.8, 4) is 0 Å². The molecule has 16 heavy (non-hydrogen) atoms. The second-order valence-electron chi connectivity index (χ2n) is 4.02.